The third-order valence-corrected chi connectivity index (χ3v) is 6.21. The Balaban J connectivity index is 1.72. The first-order chi connectivity index (χ1) is 11.6. The van der Waals surface area contributed by atoms with E-state index in [0.717, 1.165) is 24.5 Å². The van der Waals surface area contributed by atoms with E-state index < -0.39 is 15.8 Å². The third-order valence-electron chi connectivity index (χ3n) is 4.38. The normalized spacial score (nSPS) is 17.0. The molecule has 1 aliphatic heterocycles. The largest absolute Gasteiger partial charge is 0.492 e. The number of rotatable bonds is 5. The lowest BCUT2D eigenvalue weighted by Crippen LogP contribution is -2.29. The van der Waals surface area contributed by atoms with Gasteiger partial charge in [0.2, 0.25) is 0 Å². The molecule has 0 amide bonds. The van der Waals surface area contributed by atoms with Gasteiger partial charge in [-0.15, -0.1) is 0 Å². The molecule has 24 heavy (non-hydrogen) atoms. The second-order valence-corrected chi connectivity index (χ2v) is 8.01. The van der Waals surface area contributed by atoms with Crippen molar-refractivity contribution in [2.45, 2.75) is 24.2 Å². The minimum Gasteiger partial charge on any atom is -0.492 e. The van der Waals surface area contributed by atoms with Crippen molar-refractivity contribution in [1.82, 2.24) is 4.98 Å². The van der Waals surface area contributed by atoms with Crippen LogP contribution in [0.2, 0.25) is 0 Å². The van der Waals surface area contributed by atoms with Crippen LogP contribution in [0, 0.1) is 11.7 Å². The van der Waals surface area contributed by atoms with Crippen molar-refractivity contribution in [3.63, 3.8) is 0 Å². The summed E-state index contributed by atoms with van der Waals surface area (Å²) in [5, 5.41) is 0. The zero-order valence-electron chi connectivity index (χ0n) is 13.0. The summed E-state index contributed by atoms with van der Waals surface area (Å²) in [5.74, 6) is 0.0940. The molecule has 0 atom stereocenters. The van der Waals surface area contributed by atoms with E-state index in [4.69, 9.17) is 4.74 Å². The van der Waals surface area contributed by atoms with Crippen molar-refractivity contribution in [2.75, 3.05) is 17.5 Å². The molecule has 5 nitrogen and oxygen atoms in total. The van der Waals surface area contributed by atoms with Crippen LogP contribution < -0.4 is 9.04 Å². The average molecular weight is 348 g/mol. The second kappa shape index (κ2) is 5.73. The molecule has 0 radical (unpaired) electrons. The van der Waals surface area contributed by atoms with Gasteiger partial charge in [0.05, 0.1) is 12.3 Å². The number of nitrogens with zero attached hydrogens (tertiary/aromatic N) is 2. The van der Waals surface area contributed by atoms with Gasteiger partial charge in [0.25, 0.3) is 10.0 Å². The highest BCUT2D eigenvalue weighted by atomic mass is 32.2. The Bertz CT molecular complexity index is 881. The fourth-order valence-electron chi connectivity index (χ4n) is 2.86. The second-order valence-electron chi connectivity index (χ2n) is 6.18. The van der Waals surface area contributed by atoms with Crippen molar-refractivity contribution in [3.8, 4) is 5.75 Å². The summed E-state index contributed by atoms with van der Waals surface area (Å²) >= 11 is 0. The van der Waals surface area contributed by atoms with Crippen LogP contribution in [0.4, 0.5) is 10.1 Å². The number of ether oxygens (including phenoxy) is 1. The molecular formula is C17H17FN2O3S. The smallest absolute Gasteiger partial charge is 0.268 e. The van der Waals surface area contributed by atoms with E-state index in [0.29, 0.717) is 31.2 Å². The number of halogens is 1. The van der Waals surface area contributed by atoms with Crippen LogP contribution in [-0.4, -0.2) is 26.6 Å². The van der Waals surface area contributed by atoms with Crippen LogP contribution in [0.1, 0.15) is 18.4 Å². The lowest BCUT2D eigenvalue weighted by molar-refractivity contribution is 0.291. The van der Waals surface area contributed by atoms with Gasteiger partial charge in [0, 0.05) is 18.9 Å². The van der Waals surface area contributed by atoms with Crippen molar-refractivity contribution in [2.24, 2.45) is 5.92 Å². The highest BCUT2D eigenvalue weighted by Crippen LogP contribution is 2.36. The predicted octanol–water partition coefficient (Wildman–Crippen LogP) is 2.76. The molecule has 2 aromatic rings. The number of fused-ring (bicyclic) bond motifs is 1. The van der Waals surface area contributed by atoms with Gasteiger partial charge in [-0.25, -0.2) is 12.8 Å². The molecule has 126 valence electrons. The first-order valence-corrected chi connectivity index (χ1v) is 9.38. The van der Waals surface area contributed by atoms with Gasteiger partial charge >= 0.3 is 0 Å². The zero-order chi connectivity index (χ0) is 16.7. The number of sulfonamides is 1. The summed E-state index contributed by atoms with van der Waals surface area (Å²) in [6.07, 6.45) is 6.01. The lowest BCUT2D eigenvalue weighted by atomic mass is 10.2. The maximum Gasteiger partial charge on any atom is 0.268 e. The number of hydrogen-bond donors (Lipinski definition) is 0. The highest BCUT2D eigenvalue weighted by Gasteiger charge is 2.34. The van der Waals surface area contributed by atoms with Crippen molar-refractivity contribution in [3.05, 3.63) is 48.0 Å². The fourth-order valence-corrected chi connectivity index (χ4v) is 4.51. The molecule has 0 unspecified atom stereocenters. The van der Waals surface area contributed by atoms with Gasteiger partial charge in [-0.3, -0.25) is 9.29 Å². The Morgan fingerprint density at radius 2 is 2.12 bits per heavy atom. The number of benzene rings is 1. The van der Waals surface area contributed by atoms with E-state index >= 15 is 0 Å². The number of aromatic nitrogens is 1. The Labute approximate surface area is 140 Å². The van der Waals surface area contributed by atoms with Crippen LogP contribution in [-0.2, 0) is 16.4 Å². The van der Waals surface area contributed by atoms with Gasteiger partial charge < -0.3 is 4.74 Å². The Hall–Kier alpha value is -2.15. The molecule has 1 fully saturated rings. The molecule has 7 heteroatoms. The minimum atomic E-state index is -3.89. The van der Waals surface area contributed by atoms with Gasteiger partial charge in [-0.05, 0) is 55.0 Å². The van der Waals surface area contributed by atoms with Crippen LogP contribution in [0.25, 0.3) is 0 Å². The Kier molecular flexibility index (Phi) is 3.68. The Morgan fingerprint density at radius 1 is 1.29 bits per heavy atom. The SMILES string of the molecule is O=S(=O)(c1cc(F)ccc1OCC1CC1)N1CCc2cnccc21. The molecular weight excluding hydrogens is 331 g/mol. The third kappa shape index (κ3) is 2.73. The number of anilines is 1. The van der Waals surface area contributed by atoms with Gasteiger partial charge in [-0.2, -0.15) is 0 Å². The number of hydrogen-bond acceptors (Lipinski definition) is 4. The van der Waals surface area contributed by atoms with E-state index in [1.54, 1.807) is 18.5 Å². The molecule has 0 saturated heterocycles. The summed E-state index contributed by atoms with van der Waals surface area (Å²) in [4.78, 5) is 3.91. The topological polar surface area (TPSA) is 59.5 Å². The summed E-state index contributed by atoms with van der Waals surface area (Å²) in [6, 6.07) is 5.33. The van der Waals surface area contributed by atoms with Crippen LogP contribution >= 0.6 is 0 Å². The van der Waals surface area contributed by atoms with Gasteiger partial charge in [0.15, 0.2) is 0 Å². The summed E-state index contributed by atoms with van der Waals surface area (Å²) in [6.45, 7) is 0.788. The van der Waals surface area contributed by atoms with E-state index in [2.05, 4.69) is 4.98 Å². The minimum absolute atomic E-state index is 0.118. The van der Waals surface area contributed by atoms with Crippen LogP contribution in [0.3, 0.4) is 0 Å². The predicted molar refractivity (Wildman–Crippen MR) is 87.1 cm³/mol. The first-order valence-electron chi connectivity index (χ1n) is 7.94. The summed E-state index contributed by atoms with van der Waals surface area (Å²) < 4.78 is 46.9. The van der Waals surface area contributed by atoms with E-state index in [1.165, 1.54) is 16.4 Å². The molecule has 1 saturated carbocycles. The van der Waals surface area contributed by atoms with E-state index in [9.17, 15) is 12.8 Å². The fraction of sp³-hybridized carbons (Fsp3) is 0.353. The monoisotopic (exact) mass is 348 g/mol. The Morgan fingerprint density at radius 3 is 2.92 bits per heavy atom. The first kappa shape index (κ1) is 15.4. The maximum absolute atomic E-state index is 13.7. The molecule has 4 rings (SSSR count). The molecule has 2 heterocycles. The van der Waals surface area contributed by atoms with E-state index in [-0.39, 0.29) is 10.6 Å². The van der Waals surface area contributed by atoms with Crippen molar-refractivity contribution in [1.29, 1.82) is 0 Å². The van der Waals surface area contributed by atoms with Crippen molar-refractivity contribution >= 4 is 15.7 Å². The molecule has 2 aliphatic rings. The lowest BCUT2D eigenvalue weighted by Gasteiger charge is -2.21. The quantitative estimate of drug-likeness (QED) is 0.834. The summed E-state index contributed by atoms with van der Waals surface area (Å²) in [7, 11) is -3.89. The molecule has 0 bridgehead atoms. The molecule has 1 aromatic heterocycles. The van der Waals surface area contributed by atoms with E-state index in [1.807, 2.05) is 0 Å². The van der Waals surface area contributed by atoms with Crippen LogP contribution in [0.5, 0.6) is 5.75 Å². The van der Waals surface area contributed by atoms with Crippen molar-refractivity contribution < 1.29 is 17.5 Å². The zero-order valence-corrected chi connectivity index (χ0v) is 13.8. The summed E-state index contributed by atoms with van der Waals surface area (Å²) in [5.41, 5.74) is 1.47. The van der Waals surface area contributed by atoms with Gasteiger partial charge in [0.1, 0.15) is 16.5 Å². The molecule has 0 N–H and O–H groups in total. The molecule has 1 aromatic carbocycles. The molecule has 1 aliphatic carbocycles. The van der Waals surface area contributed by atoms with Crippen LogP contribution in [0.15, 0.2) is 41.6 Å². The molecule has 0 spiro atoms. The average Bonchev–Trinajstić information content (AvgIpc) is 3.30. The number of pyridine rings is 1. The standard InChI is InChI=1S/C17H17FN2O3S/c18-14-3-4-16(23-11-12-1-2-12)17(9-14)24(21,22)20-8-6-13-10-19-7-5-15(13)20/h3-5,7,9-10,12H,1-2,6,8,11H2. The highest BCUT2D eigenvalue weighted by molar-refractivity contribution is 7.93. The van der Waals surface area contributed by atoms with Gasteiger partial charge in [-0.1, -0.05) is 0 Å². The maximum atomic E-state index is 13.7.